The van der Waals surface area contributed by atoms with Gasteiger partial charge in [-0.2, -0.15) is 0 Å². The van der Waals surface area contributed by atoms with Gasteiger partial charge in [0.05, 0.1) is 5.56 Å². The van der Waals surface area contributed by atoms with Gasteiger partial charge in [0.1, 0.15) is 10.0 Å². The number of pyridine rings is 1. The fourth-order valence-electron chi connectivity index (χ4n) is 2.48. The van der Waals surface area contributed by atoms with Crippen molar-refractivity contribution in [1.29, 1.82) is 0 Å². The summed E-state index contributed by atoms with van der Waals surface area (Å²) >= 11 is 2.95. The summed E-state index contributed by atoms with van der Waals surface area (Å²) in [4.78, 5) is 18.2. The summed E-state index contributed by atoms with van der Waals surface area (Å²) in [7, 11) is 0. The molecule has 1 aromatic carbocycles. The monoisotopic (exact) mass is 382 g/mol. The summed E-state index contributed by atoms with van der Waals surface area (Å²) in [6.07, 6.45) is 4.04. The summed E-state index contributed by atoms with van der Waals surface area (Å²) in [5.41, 5.74) is 3.01. The van der Waals surface area contributed by atoms with Crippen LogP contribution in [0.4, 0.5) is 5.13 Å². The van der Waals surface area contributed by atoms with Crippen LogP contribution in [0.25, 0.3) is 0 Å². The summed E-state index contributed by atoms with van der Waals surface area (Å²) in [5.74, 6) is 0.329. The van der Waals surface area contributed by atoms with Crippen molar-refractivity contribution < 1.29 is 4.79 Å². The van der Waals surface area contributed by atoms with Gasteiger partial charge in [-0.15, -0.1) is 10.2 Å². The number of amides is 1. The van der Waals surface area contributed by atoms with E-state index in [2.05, 4.69) is 52.5 Å². The molecule has 132 valence electrons. The van der Waals surface area contributed by atoms with Gasteiger partial charge in [-0.1, -0.05) is 29.2 Å². The Morgan fingerprint density at radius 3 is 2.81 bits per heavy atom. The van der Waals surface area contributed by atoms with E-state index in [4.69, 9.17) is 0 Å². The number of aromatic nitrogens is 3. The van der Waals surface area contributed by atoms with E-state index in [1.807, 2.05) is 0 Å². The molecule has 0 radical (unpaired) electrons. The fourth-order valence-corrected chi connectivity index (χ4v) is 4.37. The number of carbonyl (C=O) groups is 1. The van der Waals surface area contributed by atoms with Gasteiger partial charge in [0.2, 0.25) is 5.13 Å². The largest absolute Gasteiger partial charge is 0.296 e. The molecule has 0 spiro atoms. The molecule has 1 N–H and O–H groups in total. The Hall–Kier alpha value is -2.25. The van der Waals surface area contributed by atoms with Gasteiger partial charge in [-0.25, -0.2) is 4.98 Å². The van der Waals surface area contributed by atoms with E-state index in [1.54, 1.807) is 18.3 Å². The van der Waals surface area contributed by atoms with E-state index in [0.29, 0.717) is 21.6 Å². The lowest BCUT2D eigenvalue weighted by Gasteiger charge is -2.08. The van der Waals surface area contributed by atoms with Crippen molar-refractivity contribution in [3.63, 3.8) is 0 Å². The second-order valence-corrected chi connectivity index (χ2v) is 8.45. The minimum Gasteiger partial charge on any atom is -0.296 e. The Labute approximate surface area is 160 Å². The molecule has 0 unspecified atom stereocenters. The van der Waals surface area contributed by atoms with Crippen LogP contribution in [0.1, 0.15) is 45.3 Å². The van der Waals surface area contributed by atoms with Gasteiger partial charge in [0.15, 0.2) is 0 Å². The molecule has 3 aromatic rings. The number of nitrogens with one attached hydrogen (secondary N) is 1. The molecular weight excluding hydrogens is 364 g/mol. The highest BCUT2D eigenvalue weighted by atomic mass is 32.2. The maximum Gasteiger partial charge on any atom is 0.260 e. The number of nitrogens with zero attached hydrogens (tertiary/aromatic N) is 3. The zero-order chi connectivity index (χ0) is 18.1. The molecule has 1 amide bonds. The Bertz CT molecular complexity index is 966. The van der Waals surface area contributed by atoms with Crippen LogP contribution in [0.3, 0.4) is 0 Å². The van der Waals surface area contributed by atoms with E-state index in [-0.39, 0.29) is 5.91 Å². The van der Waals surface area contributed by atoms with Crippen LogP contribution in [-0.4, -0.2) is 21.1 Å². The molecule has 2 heterocycles. The van der Waals surface area contributed by atoms with Crippen LogP contribution in [0.15, 0.2) is 46.5 Å². The normalized spacial score (nSPS) is 13.6. The molecule has 4 rings (SSSR count). The first-order chi connectivity index (χ1) is 12.6. The Kier molecular flexibility index (Phi) is 4.74. The summed E-state index contributed by atoms with van der Waals surface area (Å²) in [6.45, 7) is 4.17. The fraction of sp³-hybridized carbons (Fsp3) is 0.263. The molecule has 2 aromatic heterocycles. The first-order valence-corrected chi connectivity index (χ1v) is 10.1. The van der Waals surface area contributed by atoms with Crippen molar-refractivity contribution in [1.82, 2.24) is 15.2 Å². The van der Waals surface area contributed by atoms with Crippen LogP contribution < -0.4 is 5.32 Å². The quantitative estimate of drug-likeness (QED) is 0.684. The highest BCUT2D eigenvalue weighted by Gasteiger charge is 2.28. The van der Waals surface area contributed by atoms with Crippen LogP contribution in [0, 0.1) is 13.8 Å². The van der Waals surface area contributed by atoms with Crippen molar-refractivity contribution in [2.24, 2.45) is 0 Å². The predicted molar refractivity (Wildman–Crippen MR) is 104 cm³/mol. The predicted octanol–water partition coefficient (Wildman–Crippen LogP) is 4.83. The van der Waals surface area contributed by atoms with E-state index < -0.39 is 0 Å². The SMILES string of the molecule is Cc1ccc(Sc2ncccc2C(=O)Nc2nnc(C3CC3)s2)cc1C. The Morgan fingerprint density at radius 2 is 2.04 bits per heavy atom. The lowest BCUT2D eigenvalue weighted by molar-refractivity contribution is 0.102. The number of anilines is 1. The van der Waals surface area contributed by atoms with Gasteiger partial charge >= 0.3 is 0 Å². The van der Waals surface area contributed by atoms with Crippen molar-refractivity contribution in [2.75, 3.05) is 5.32 Å². The highest BCUT2D eigenvalue weighted by molar-refractivity contribution is 7.99. The van der Waals surface area contributed by atoms with E-state index in [1.165, 1.54) is 47.1 Å². The number of hydrogen-bond donors (Lipinski definition) is 1. The van der Waals surface area contributed by atoms with Crippen LogP contribution in [0.5, 0.6) is 0 Å². The molecule has 0 aliphatic heterocycles. The average molecular weight is 383 g/mol. The molecule has 5 nitrogen and oxygen atoms in total. The third kappa shape index (κ3) is 3.78. The Balaban J connectivity index is 1.53. The van der Waals surface area contributed by atoms with Gasteiger partial charge in [-0.05, 0) is 62.1 Å². The highest BCUT2D eigenvalue weighted by Crippen LogP contribution is 2.42. The molecule has 1 saturated carbocycles. The van der Waals surface area contributed by atoms with Crippen LogP contribution in [0.2, 0.25) is 0 Å². The second kappa shape index (κ2) is 7.17. The summed E-state index contributed by atoms with van der Waals surface area (Å²) < 4.78 is 0. The van der Waals surface area contributed by atoms with Gasteiger partial charge in [0.25, 0.3) is 5.91 Å². The summed E-state index contributed by atoms with van der Waals surface area (Å²) in [5, 5.41) is 13.3. The third-order valence-electron chi connectivity index (χ3n) is 4.30. The molecule has 0 bridgehead atoms. The van der Waals surface area contributed by atoms with Crippen molar-refractivity contribution in [3.8, 4) is 0 Å². The molecule has 0 atom stereocenters. The van der Waals surface area contributed by atoms with E-state index in [9.17, 15) is 4.79 Å². The zero-order valence-electron chi connectivity index (χ0n) is 14.5. The maximum absolute atomic E-state index is 12.7. The number of carbonyl (C=O) groups excluding carboxylic acids is 1. The lowest BCUT2D eigenvalue weighted by atomic mass is 10.1. The smallest absolute Gasteiger partial charge is 0.260 e. The first kappa shape index (κ1) is 17.2. The molecule has 1 aliphatic rings. The first-order valence-electron chi connectivity index (χ1n) is 8.45. The maximum atomic E-state index is 12.7. The van der Waals surface area contributed by atoms with E-state index in [0.717, 1.165) is 9.90 Å². The van der Waals surface area contributed by atoms with Crippen molar-refractivity contribution in [3.05, 3.63) is 58.2 Å². The number of rotatable bonds is 5. The third-order valence-corrected chi connectivity index (χ3v) is 6.31. The van der Waals surface area contributed by atoms with Gasteiger partial charge in [-0.3, -0.25) is 10.1 Å². The average Bonchev–Trinajstić information content (AvgIpc) is 3.38. The van der Waals surface area contributed by atoms with Crippen molar-refractivity contribution in [2.45, 2.75) is 42.5 Å². The molecule has 1 aliphatic carbocycles. The minimum absolute atomic E-state index is 0.206. The number of benzene rings is 1. The van der Waals surface area contributed by atoms with E-state index >= 15 is 0 Å². The minimum atomic E-state index is -0.206. The van der Waals surface area contributed by atoms with Crippen LogP contribution >= 0.6 is 23.1 Å². The number of aryl methyl sites for hydroxylation is 2. The molecular formula is C19H18N4OS2. The zero-order valence-corrected chi connectivity index (χ0v) is 16.2. The Morgan fingerprint density at radius 1 is 1.19 bits per heavy atom. The number of hydrogen-bond acceptors (Lipinski definition) is 6. The molecule has 26 heavy (non-hydrogen) atoms. The second-order valence-electron chi connectivity index (χ2n) is 6.38. The van der Waals surface area contributed by atoms with Crippen molar-refractivity contribution >= 4 is 34.1 Å². The lowest BCUT2D eigenvalue weighted by Crippen LogP contribution is -2.13. The molecule has 7 heteroatoms. The standard InChI is InChI=1S/C19H18N4OS2/c1-11-5-8-14(10-12(11)2)25-18-15(4-3-9-20-18)16(24)21-19-23-22-17(26-19)13-6-7-13/h3-5,8-10,13H,6-7H2,1-2H3,(H,21,23,24). The summed E-state index contributed by atoms with van der Waals surface area (Å²) in [6, 6.07) is 9.81. The molecule has 0 saturated heterocycles. The van der Waals surface area contributed by atoms with Gasteiger partial charge in [0, 0.05) is 17.0 Å². The van der Waals surface area contributed by atoms with Crippen LogP contribution in [-0.2, 0) is 0 Å². The topological polar surface area (TPSA) is 67.8 Å². The molecule has 1 fully saturated rings. The van der Waals surface area contributed by atoms with Gasteiger partial charge < -0.3 is 0 Å².